The first-order chi connectivity index (χ1) is 8.25. The highest BCUT2D eigenvalue weighted by Crippen LogP contribution is 2.19. The van der Waals surface area contributed by atoms with Crippen LogP contribution in [-0.2, 0) is 16.0 Å². The molecule has 0 saturated carbocycles. The van der Waals surface area contributed by atoms with E-state index < -0.39 is 0 Å². The van der Waals surface area contributed by atoms with Crippen LogP contribution in [0.15, 0.2) is 17.5 Å². The van der Waals surface area contributed by atoms with Crippen molar-refractivity contribution in [2.24, 2.45) is 5.92 Å². The molecular formula is C13H19NO2S. The van der Waals surface area contributed by atoms with Gasteiger partial charge in [0.25, 0.3) is 0 Å². The fourth-order valence-electron chi connectivity index (χ4n) is 2.21. The smallest absolute Gasteiger partial charge is 0.311 e. The Hall–Kier alpha value is -0.870. The van der Waals surface area contributed by atoms with Crippen LogP contribution in [0.3, 0.4) is 0 Å². The average molecular weight is 253 g/mol. The molecule has 0 aromatic carbocycles. The lowest BCUT2D eigenvalue weighted by atomic mass is 9.93. The third kappa shape index (κ3) is 3.82. The Morgan fingerprint density at radius 2 is 2.35 bits per heavy atom. The van der Waals surface area contributed by atoms with Gasteiger partial charge in [0.2, 0.25) is 0 Å². The fraction of sp³-hybridized carbons (Fsp3) is 0.615. The molecule has 1 aromatic rings. The van der Waals surface area contributed by atoms with E-state index in [-0.39, 0.29) is 12.1 Å². The minimum absolute atomic E-state index is 0.0459. The van der Waals surface area contributed by atoms with Gasteiger partial charge in [-0.2, -0.15) is 0 Å². The van der Waals surface area contributed by atoms with Crippen LogP contribution < -0.4 is 5.32 Å². The van der Waals surface area contributed by atoms with Crippen LogP contribution >= 0.6 is 11.3 Å². The molecule has 0 spiro atoms. The molecule has 1 aromatic heterocycles. The van der Waals surface area contributed by atoms with Gasteiger partial charge in [0, 0.05) is 4.88 Å². The van der Waals surface area contributed by atoms with E-state index in [0.29, 0.717) is 12.3 Å². The van der Waals surface area contributed by atoms with Crippen molar-refractivity contribution < 1.29 is 9.53 Å². The van der Waals surface area contributed by atoms with Crippen LogP contribution in [0.25, 0.3) is 0 Å². The number of hydrogen-bond donors (Lipinski definition) is 1. The lowest BCUT2D eigenvalue weighted by Gasteiger charge is -2.27. The second kappa shape index (κ2) is 6.17. The van der Waals surface area contributed by atoms with Crippen molar-refractivity contribution in [1.29, 1.82) is 0 Å². The largest absolute Gasteiger partial charge is 0.462 e. The number of carbonyl (C=O) groups excluding carboxylic acids is 1. The highest BCUT2D eigenvalue weighted by molar-refractivity contribution is 7.10. The first-order valence-electron chi connectivity index (χ1n) is 6.18. The Morgan fingerprint density at radius 1 is 1.59 bits per heavy atom. The van der Waals surface area contributed by atoms with Crippen LogP contribution in [0.1, 0.15) is 24.6 Å². The summed E-state index contributed by atoms with van der Waals surface area (Å²) in [6, 6.07) is 3.94. The summed E-state index contributed by atoms with van der Waals surface area (Å²) < 4.78 is 5.50. The van der Waals surface area contributed by atoms with Crippen molar-refractivity contribution in [2.45, 2.75) is 32.3 Å². The molecule has 94 valence electrons. The fourth-order valence-corrected chi connectivity index (χ4v) is 2.90. The molecule has 1 unspecified atom stereocenters. The highest BCUT2D eigenvalue weighted by Gasteiger charge is 2.22. The molecule has 1 atom stereocenters. The Labute approximate surface area is 106 Å². The lowest BCUT2D eigenvalue weighted by Crippen LogP contribution is -2.35. The van der Waals surface area contributed by atoms with E-state index in [4.69, 9.17) is 4.74 Å². The topological polar surface area (TPSA) is 38.3 Å². The van der Waals surface area contributed by atoms with Gasteiger partial charge in [-0.15, -0.1) is 11.3 Å². The van der Waals surface area contributed by atoms with E-state index in [1.165, 1.54) is 0 Å². The molecule has 1 saturated heterocycles. The molecule has 1 fully saturated rings. The van der Waals surface area contributed by atoms with Crippen molar-refractivity contribution in [3.8, 4) is 0 Å². The molecule has 4 heteroatoms. The maximum absolute atomic E-state index is 11.7. The minimum Gasteiger partial charge on any atom is -0.462 e. The predicted molar refractivity (Wildman–Crippen MR) is 69.2 cm³/mol. The summed E-state index contributed by atoms with van der Waals surface area (Å²) in [6.07, 6.45) is 2.66. The van der Waals surface area contributed by atoms with Crippen LogP contribution in [0.4, 0.5) is 0 Å². The zero-order chi connectivity index (χ0) is 12.1. The van der Waals surface area contributed by atoms with Crippen LogP contribution in [0, 0.1) is 5.92 Å². The number of nitrogens with one attached hydrogen (secondary N) is 1. The number of hydrogen-bond acceptors (Lipinski definition) is 4. The summed E-state index contributed by atoms with van der Waals surface area (Å²) in [6.45, 7) is 4.09. The first-order valence-corrected chi connectivity index (χ1v) is 7.06. The Kier molecular flexibility index (Phi) is 4.57. The van der Waals surface area contributed by atoms with E-state index in [1.54, 1.807) is 11.3 Å². The number of piperidine rings is 1. The number of rotatable bonds is 4. The zero-order valence-corrected chi connectivity index (χ0v) is 11.0. The number of carbonyl (C=O) groups is 1. The third-order valence-corrected chi connectivity index (χ3v) is 4.14. The predicted octanol–water partition coefficient (Wildman–Crippen LogP) is 2.22. The molecule has 0 bridgehead atoms. The first kappa shape index (κ1) is 12.6. The quantitative estimate of drug-likeness (QED) is 0.836. The molecule has 0 radical (unpaired) electrons. The van der Waals surface area contributed by atoms with E-state index in [2.05, 4.69) is 5.32 Å². The minimum atomic E-state index is -0.0986. The van der Waals surface area contributed by atoms with Gasteiger partial charge >= 0.3 is 5.97 Å². The maximum Gasteiger partial charge on any atom is 0.311 e. The summed E-state index contributed by atoms with van der Waals surface area (Å²) in [5.74, 6) is 0.419. The molecule has 2 heterocycles. The van der Waals surface area contributed by atoms with Gasteiger partial charge in [0.1, 0.15) is 6.10 Å². The van der Waals surface area contributed by atoms with Gasteiger partial charge < -0.3 is 10.1 Å². The summed E-state index contributed by atoms with van der Waals surface area (Å²) in [7, 11) is 0. The van der Waals surface area contributed by atoms with Gasteiger partial charge in [-0.1, -0.05) is 6.07 Å². The molecule has 17 heavy (non-hydrogen) atoms. The average Bonchev–Trinajstić information content (AvgIpc) is 2.82. The van der Waals surface area contributed by atoms with Gasteiger partial charge in [-0.3, -0.25) is 4.79 Å². The summed E-state index contributed by atoms with van der Waals surface area (Å²) in [4.78, 5) is 12.8. The zero-order valence-electron chi connectivity index (χ0n) is 10.1. The third-order valence-electron chi connectivity index (χ3n) is 3.26. The van der Waals surface area contributed by atoms with Crippen LogP contribution in [0.5, 0.6) is 0 Å². The molecule has 1 aliphatic heterocycles. The maximum atomic E-state index is 11.7. The van der Waals surface area contributed by atoms with Crippen molar-refractivity contribution in [3.63, 3.8) is 0 Å². The molecule has 1 aliphatic rings. The Balaban J connectivity index is 1.77. The van der Waals surface area contributed by atoms with Gasteiger partial charge in [-0.05, 0) is 50.2 Å². The van der Waals surface area contributed by atoms with Crippen LogP contribution in [-0.4, -0.2) is 25.2 Å². The normalized spacial score (nSPS) is 18.9. The summed E-state index contributed by atoms with van der Waals surface area (Å²) in [5.41, 5.74) is 0. The lowest BCUT2D eigenvalue weighted by molar-refractivity contribution is -0.150. The van der Waals surface area contributed by atoms with Crippen molar-refractivity contribution in [1.82, 2.24) is 5.32 Å². The van der Waals surface area contributed by atoms with Crippen molar-refractivity contribution in [3.05, 3.63) is 22.4 Å². The standard InChI is InChI=1S/C13H19NO2S/c1-10(11-4-6-14-7-5-11)16-13(15)9-12-3-2-8-17-12/h2-3,8,10-11,14H,4-7,9H2,1H3. The second-order valence-corrected chi connectivity index (χ2v) is 5.57. The Morgan fingerprint density at radius 3 is 3.00 bits per heavy atom. The molecular weight excluding hydrogens is 234 g/mol. The van der Waals surface area contributed by atoms with Crippen molar-refractivity contribution in [2.75, 3.05) is 13.1 Å². The Bertz CT molecular complexity index is 344. The van der Waals surface area contributed by atoms with Gasteiger partial charge in [-0.25, -0.2) is 0 Å². The monoisotopic (exact) mass is 253 g/mol. The molecule has 0 amide bonds. The van der Waals surface area contributed by atoms with Crippen LogP contribution in [0.2, 0.25) is 0 Å². The molecule has 0 aliphatic carbocycles. The SMILES string of the molecule is CC(OC(=O)Cc1cccs1)C1CCNCC1. The number of ether oxygens (including phenoxy) is 1. The summed E-state index contributed by atoms with van der Waals surface area (Å²) >= 11 is 1.60. The van der Waals surface area contributed by atoms with E-state index >= 15 is 0 Å². The van der Waals surface area contributed by atoms with E-state index in [0.717, 1.165) is 30.8 Å². The molecule has 1 N–H and O–H groups in total. The second-order valence-electron chi connectivity index (χ2n) is 4.54. The molecule has 3 nitrogen and oxygen atoms in total. The number of esters is 1. The molecule has 2 rings (SSSR count). The van der Waals surface area contributed by atoms with Gasteiger partial charge in [0.15, 0.2) is 0 Å². The summed E-state index contributed by atoms with van der Waals surface area (Å²) in [5, 5.41) is 5.31. The van der Waals surface area contributed by atoms with E-state index in [9.17, 15) is 4.79 Å². The van der Waals surface area contributed by atoms with Gasteiger partial charge in [0.05, 0.1) is 6.42 Å². The number of thiophene rings is 1. The van der Waals surface area contributed by atoms with E-state index in [1.807, 2.05) is 24.4 Å². The highest BCUT2D eigenvalue weighted by atomic mass is 32.1. The van der Waals surface area contributed by atoms with Crippen molar-refractivity contribution >= 4 is 17.3 Å².